The van der Waals surface area contributed by atoms with Gasteiger partial charge in [-0.25, -0.2) is 4.39 Å². The maximum absolute atomic E-state index is 13.6. The first-order valence-electron chi connectivity index (χ1n) is 5.94. The monoisotopic (exact) mass is 235 g/mol. The van der Waals surface area contributed by atoms with Crippen molar-refractivity contribution in [3.8, 4) is 0 Å². The number of hydrogen-bond donors (Lipinski definition) is 0. The highest BCUT2D eigenvalue weighted by Crippen LogP contribution is 2.30. The van der Waals surface area contributed by atoms with Gasteiger partial charge in [-0.15, -0.1) is 0 Å². The van der Waals surface area contributed by atoms with Crippen molar-refractivity contribution in [3.63, 3.8) is 0 Å². The van der Waals surface area contributed by atoms with E-state index in [1.54, 1.807) is 17.0 Å². The first-order chi connectivity index (χ1) is 7.89. The predicted molar refractivity (Wildman–Crippen MR) is 65.4 cm³/mol. The Morgan fingerprint density at radius 2 is 2.12 bits per heavy atom. The fraction of sp³-hybridized carbons (Fsp3) is 0.500. The Morgan fingerprint density at radius 3 is 2.71 bits per heavy atom. The molecular weight excluding hydrogens is 217 g/mol. The molecule has 1 heterocycles. The maximum Gasteiger partial charge on any atom is 0.256 e. The zero-order valence-electron chi connectivity index (χ0n) is 10.6. The summed E-state index contributed by atoms with van der Waals surface area (Å²) in [5.74, 6) is -0.609. The molecule has 1 aliphatic heterocycles. The highest BCUT2D eigenvalue weighted by molar-refractivity contribution is 5.94. The Labute approximate surface area is 101 Å². The fourth-order valence-electron chi connectivity index (χ4n) is 2.26. The number of nitrogens with zero attached hydrogens (tertiary/aromatic N) is 1. The molecule has 3 heteroatoms. The highest BCUT2D eigenvalue weighted by atomic mass is 19.1. The molecular formula is C14H18FNO. The summed E-state index contributed by atoms with van der Waals surface area (Å²) in [7, 11) is 0. The Hall–Kier alpha value is -1.38. The molecule has 0 aliphatic carbocycles. The molecule has 0 spiro atoms. The van der Waals surface area contributed by atoms with Crippen LogP contribution in [0.2, 0.25) is 0 Å². The van der Waals surface area contributed by atoms with Crippen molar-refractivity contribution < 1.29 is 9.18 Å². The van der Waals surface area contributed by atoms with Crippen molar-refractivity contribution in [2.45, 2.75) is 27.2 Å². The number of likely N-dealkylation sites (tertiary alicyclic amines) is 1. The summed E-state index contributed by atoms with van der Waals surface area (Å²) < 4.78 is 13.6. The Bertz CT molecular complexity index is 454. The fourth-order valence-corrected chi connectivity index (χ4v) is 2.26. The number of carbonyl (C=O) groups excluding carboxylic acids is 1. The summed E-state index contributed by atoms with van der Waals surface area (Å²) in [6.45, 7) is 7.56. The molecule has 2 nitrogen and oxygen atoms in total. The van der Waals surface area contributed by atoms with Gasteiger partial charge >= 0.3 is 0 Å². The van der Waals surface area contributed by atoms with E-state index in [0.29, 0.717) is 6.54 Å². The average Bonchev–Trinajstić information content (AvgIpc) is 2.61. The molecule has 1 fully saturated rings. The molecule has 92 valence electrons. The van der Waals surface area contributed by atoms with E-state index in [1.165, 1.54) is 6.07 Å². The molecule has 2 rings (SSSR count). The van der Waals surface area contributed by atoms with Crippen LogP contribution in [-0.4, -0.2) is 23.9 Å². The first kappa shape index (κ1) is 12.1. The molecule has 1 aliphatic rings. The van der Waals surface area contributed by atoms with E-state index in [1.807, 2.05) is 6.92 Å². The standard InChI is InChI=1S/C14H18FNO/c1-10-4-5-12(15)11(8-10)13(17)16-7-6-14(2,3)9-16/h4-5,8H,6-7,9H2,1-3H3. The molecule has 1 saturated heterocycles. The molecule has 0 atom stereocenters. The summed E-state index contributed by atoms with van der Waals surface area (Å²) in [4.78, 5) is 13.9. The molecule has 0 N–H and O–H groups in total. The summed E-state index contributed by atoms with van der Waals surface area (Å²) >= 11 is 0. The Kier molecular flexibility index (Phi) is 2.94. The van der Waals surface area contributed by atoms with Crippen molar-refractivity contribution in [1.82, 2.24) is 4.90 Å². The zero-order chi connectivity index (χ0) is 12.6. The van der Waals surface area contributed by atoms with E-state index in [0.717, 1.165) is 18.5 Å². The summed E-state index contributed by atoms with van der Waals surface area (Å²) in [5.41, 5.74) is 1.26. The van der Waals surface area contributed by atoms with Crippen molar-refractivity contribution in [3.05, 3.63) is 35.1 Å². The van der Waals surface area contributed by atoms with Gasteiger partial charge in [-0.05, 0) is 30.9 Å². The minimum Gasteiger partial charge on any atom is -0.338 e. The molecule has 1 amide bonds. The summed E-state index contributed by atoms with van der Waals surface area (Å²) in [5, 5.41) is 0. The number of rotatable bonds is 1. The smallest absolute Gasteiger partial charge is 0.256 e. The van der Waals surface area contributed by atoms with Gasteiger partial charge in [-0.2, -0.15) is 0 Å². The molecule has 1 aromatic rings. The minimum absolute atomic E-state index is 0.149. The quantitative estimate of drug-likeness (QED) is 0.732. The van der Waals surface area contributed by atoms with Gasteiger partial charge in [0.2, 0.25) is 0 Å². The third-order valence-corrected chi connectivity index (χ3v) is 3.32. The van der Waals surface area contributed by atoms with E-state index in [-0.39, 0.29) is 16.9 Å². The first-order valence-corrected chi connectivity index (χ1v) is 5.94. The second-order valence-corrected chi connectivity index (χ2v) is 5.62. The highest BCUT2D eigenvalue weighted by Gasteiger charge is 2.33. The minimum atomic E-state index is -0.426. The molecule has 0 radical (unpaired) electrons. The lowest BCUT2D eigenvalue weighted by molar-refractivity contribution is 0.0773. The number of amides is 1. The lowest BCUT2D eigenvalue weighted by Crippen LogP contribution is -2.30. The maximum atomic E-state index is 13.6. The molecule has 17 heavy (non-hydrogen) atoms. The molecule has 0 bridgehead atoms. The number of aryl methyl sites for hydroxylation is 1. The lowest BCUT2D eigenvalue weighted by atomic mass is 9.93. The van der Waals surface area contributed by atoms with Crippen LogP contribution in [0.3, 0.4) is 0 Å². The van der Waals surface area contributed by atoms with Crippen LogP contribution in [0.5, 0.6) is 0 Å². The van der Waals surface area contributed by atoms with E-state index >= 15 is 0 Å². The lowest BCUT2D eigenvalue weighted by Gasteiger charge is -2.20. The second-order valence-electron chi connectivity index (χ2n) is 5.62. The van der Waals surface area contributed by atoms with Gasteiger partial charge in [0, 0.05) is 13.1 Å². The number of halogens is 1. The van der Waals surface area contributed by atoms with E-state index in [2.05, 4.69) is 13.8 Å². The molecule has 0 unspecified atom stereocenters. The van der Waals surface area contributed by atoms with Crippen LogP contribution < -0.4 is 0 Å². The third-order valence-electron chi connectivity index (χ3n) is 3.32. The second kappa shape index (κ2) is 4.13. The van der Waals surface area contributed by atoms with Gasteiger partial charge < -0.3 is 4.90 Å². The predicted octanol–water partition coefficient (Wildman–Crippen LogP) is 3.01. The largest absolute Gasteiger partial charge is 0.338 e. The SMILES string of the molecule is Cc1ccc(F)c(C(=O)N2CCC(C)(C)C2)c1. The Morgan fingerprint density at radius 1 is 1.41 bits per heavy atom. The Balaban J connectivity index is 2.23. The van der Waals surface area contributed by atoms with Crippen LogP contribution in [0.15, 0.2) is 18.2 Å². The molecule has 0 aromatic heterocycles. The van der Waals surface area contributed by atoms with E-state index in [4.69, 9.17) is 0 Å². The van der Waals surface area contributed by atoms with Crippen LogP contribution in [0.25, 0.3) is 0 Å². The molecule has 1 aromatic carbocycles. The normalized spacial score (nSPS) is 18.5. The van der Waals surface area contributed by atoms with E-state index in [9.17, 15) is 9.18 Å². The van der Waals surface area contributed by atoms with Crippen LogP contribution in [-0.2, 0) is 0 Å². The average molecular weight is 235 g/mol. The zero-order valence-corrected chi connectivity index (χ0v) is 10.6. The van der Waals surface area contributed by atoms with E-state index < -0.39 is 5.82 Å². The van der Waals surface area contributed by atoms with Crippen molar-refractivity contribution in [2.24, 2.45) is 5.41 Å². The van der Waals surface area contributed by atoms with Gasteiger partial charge in [0.15, 0.2) is 0 Å². The van der Waals surface area contributed by atoms with Crippen molar-refractivity contribution in [2.75, 3.05) is 13.1 Å². The van der Waals surface area contributed by atoms with Gasteiger partial charge in [0.05, 0.1) is 5.56 Å². The third kappa shape index (κ3) is 2.48. The van der Waals surface area contributed by atoms with Gasteiger partial charge in [0.1, 0.15) is 5.82 Å². The van der Waals surface area contributed by atoms with Gasteiger partial charge in [-0.1, -0.05) is 25.5 Å². The van der Waals surface area contributed by atoms with Crippen LogP contribution in [0.1, 0.15) is 36.2 Å². The van der Waals surface area contributed by atoms with Crippen LogP contribution in [0.4, 0.5) is 4.39 Å². The van der Waals surface area contributed by atoms with Gasteiger partial charge in [-0.3, -0.25) is 4.79 Å². The number of carbonyl (C=O) groups is 1. The summed E-state index contributed by atoms with van der Waals surface area (Å²) in [6, 6.07) is 4.67. The van der Waals surface area contributed by atoms with Crippen LogP contribution in [0, 0.1) is 18.2 Å². The van der Waals surface area contributed by atoms with Gasteiger partial charge in [0.25, 0.3) is 5.91 Å². The number of hydrogen-bond acceptors (Lipinski definition) is 1. The summed E-state index contributed by atoms with van der Waals surface area (Å²) in [6.07, 6.45) is 0.978. The van der Waals surface area contributed by atoms with Crippen LogP contribution >= 0.6 is 0 Å². The van der Waals surface area contributed by atoms with Crippen molar-refractivity contribution >= 4 is 5.91 Å². The topological polar surface area (TPSA) is 20.3 Å². The number of benzene rings is 1. The molecule has 0 saturated carbocycles. The van der Waals surface area contributed by atoms with Crippen molar-refractivity contribution in [1.29, 1.82) is 0 Å².